The maximum atomic E-state index is 11.6. The normalized spacial score (nSPS) is 20.7. The summed E-state index contributed by atoms with van der Waals surface area (Å²) < 4.78 is 0. The molecule has 16 heavy (non-hydrogen) atoms. The molecule has 1 unspecified atom stereocenters. The van der Waals surface area contributed by atoms with Gasteiger partial charge < -0.3 is 16.2 Å². The molecule has 5 nitrogen and oxygen atoms in total. The van der Waals surface area contributed by atoms with E-state index in [-0.39, 0.29) is 18.6 Å². The minimum absolute atomic E-state index is 0.00336. The first kappa shape index (κ1) is 13.4. The molecule has 1 atom stereocenters. The molecule has 1 aliphatic rings. The van der Waals surface area contributed by atoms with Crippen molar-refractivity contribution in [3.05, 3.63) is 0 Å². The molecule has 4 N–H and O–H groups in total. The molecule has 0 bridgehead atoms. The average molecular weight is 229 g/mol. The van der Waals surface area contributed by atoms with Gasteiger partial charge >= 0.3 is 0 Å². The fourth-order valence-electron chi connectivity index (χ4n) is 1.86. The van der Waals surface area contributed by atoms with Gasteiger partial charge in [-0.15, -0.1) is 0 Å². The van der Waals surface area contributed by atoms with Gasteiger partial charge in [0.15, 0.2) is 0 Å². The largest absolute Gasteiger partial charge is 0.394 e. The van der Waals surface area contributed by atoms with Gasteiger partial charge in [-0.25, -0.2) is 0 Å². The minimum Gasteiger partial charge on any atom is -0.394 e. The van der Waals surface area contributed by atoms with Crippen molar-refractivity contribution in [2.45, 2.75) is 38.3 Å². The number of carbonyl (C=O) groups excluding carboxylic acids is 1. The number of amides is 1. The van der Waals surface area contributed by atoms with E-state index in [9.17, 15) is 4.79 Å². The van der Waals surface area contributed by atoms with Gasteiger partial charge in [-0.05, 0) is 19.3 Å². The summed E-state index contributed by atoms with van der Waals surface area (Å²) in [6.07, 6.45) is 2.68. The van der Waals surface area contributed by atoms with Crippen molar-refractivity contribution in [2.24, 2.45) is 5.73 Å². The third kappa shape index (κ3) is 4.47. The third-order valence-corrected chi connectivity index (χ3v) is 3.08. The highest BCUT2D eigenvalue weighted by molar-refractivity contribution is 5.78. The topological polar surface area (TPSA) is 78.6 Å². The lowest BCUT2D eigenvalue weighted by atomic mass is 10.1. The van der Waals surface area contributed by atoms with Gasteiger partial charge in [-0.3, -0.25) is 9.69 Å². The first-order chi connectivity index (χ1) is 7.65. The Morgan fingerprint density at radius 2 is 2.19 bits per heavy atom. The van der Waals surface area contributed by atoms with Crippen LogP contribution in [0.3, 0.4) is 0 Å². The Kier molecular flexibility index (Phi) is 5.73. The zero-order valence-corrected chi connectivity index (χ0v) is 9.98. The van der Waals surface area contributed by atoms with Crippen molar-refractivity contribution < 1.29 is 9.90 Å². The number of nitrogens with one attached hydrogen (secondary N) is 1. The highest BCUT2D eigenvalue weighted by atomic mass is 16.3. The molecule has 0 radical (unpaired) electrons. The predicted octanol–water partition coefficient (Wildman–Crippen LogP) is -0.703. The van der Waals surface area contributed by atoms with Crippen LogP contribution < -0.4 is 11.1 Å². The van der Waals surface area contributed by atoms with Crippen LogP contribution in [0.15, 0.2) is 0 Å². The van der Waals surface area contributed by atoms with Gasteiger partial charge in [0.05, 0.1) is 19.2 Å². The van der Waals surface area contributed by atoms with Crippen LogP contribution in [0, 0.1) is 0 Å². The number of rotatable bonds is 5. The van der Waals surface area contributed by atoms with E-state index in [0.717, 1.165) is 32.4 Å². The molecule has 0 aromatic carbocycles. The van der Waals surface area contributed by atoms with Gasteiger partial charge in [0.25, 0.3) is 0 Å². The van der Waals surface area contributed by atoms with Crippen LogP contribution in [-0.4, -0.2) is 54.2 Å². The number of hydrogen-bond acceptors (Lipinski definition) is 4. The summed E-state index contributed by atoms with van der Waals surface area (Å²) in [5.74, 6) is -0.00336. The van der Waals surface area contributed by atoms with Crippen molar-refractivity contribution in [1.82, 2.24) is 10.2 Å². The Morgan fingerprint density at radius 1 is 1.56 bits per heavy atom. The van der Waals surface area contributed by atoms with Gasteiger partial charge in [0.2, 0.25) is 5.91 Å². The summed E-state index contributed by atoms with van der Waals surface area (Å²) in [7, 11) is 0. The first-order valence-corrected chi connectivity index (χ1v) is 6.03. The molecule has 1 saturated heterocycles. The molecular weight excluding hydrogens is 206 g/mol. The number of aliphatic hydroxyl groups is 1. The molecule has 0 aliphatic carbocycles. The van der Waals surface area contributed by atoms with Gasteiger partial charge in [0.1, 0.15) is 0 Å². The van der Waals surface area contributed by atoms with Crippen molar-refractivity contribution >= 4 is 5.91 Å². The van der Waals surface area contributed by atoms with E-state index in [1.165, 1.54) is 0 Å². The van der Waals surface area contributed by atoms with Crippen LogP contribution in [0.25, 0.3) is 0 Å². The highest BCUT2D eigenvalue weighted by Gasteiger charge is 2.19. The Balaban J connectivity index is 2.23. The monoisotopic (exact) mass is 229 g/mol. The summed E-state index contributed by atoms with van der Waals surface area (Å²) in [5, 5.41) is 11.8. The molecule has 0 aromatic heterocycles. The van der Waals surface area contributed by atoms with E-state index < -0.39 is 0 Å². The maximum Gasteiger partial charge on any atom is 0.234 e. The molecule has 0 aromatic rings. The zero-order valence-electron chi connectivity index (χ0n) is 9.98. The maximum absolute atomic E-state index is 11.6. The summed E-state index contributed by atoms with van der Waals surface area (Å²) in [6.45, 7) is 4.16. The number of nitrogens with two attached hydrogens (primary N) is 1. The van der Waals surface area contributed by atoms with E-state index in [4.69, 9.17) is 10.8 Å². The van der Waals surface area contributed by atoms with Crippen molar-refractivity contribution in [2.75, 3.05) is 26.2 Å². The van der Waals surface area contributed by atoms with Gasteiger partial charge in [-0.2, -0.15) is 0 Å². The smallest absolute Gasteiger partial charge is 0.234 e. The summed E-state index contributed by atoms with van der Waals surface area (Å²) >= 11 is 0. The van der Waals surface area contributed by atoms with Gasteiger partial charge in [-0.1, -0.05) is 6.92 Å². The van der Waals surface area contributed by atoms with Crippen LogP contribution in [0.5, 0.6) is 0 Å². The van der Waals surface area contributed by atoms with E-state index in [1.807, 2.05) is 6.92 Å². The minimum atomic E-state index is -0.112. The molecule has 0 saturated carbocycles. The molecule has 1 heterocycles. The van der Waals surface area contributed by atoms with Crippen molar-refractivity contribution in [1.29, 1.82) is 0 Å². The molecule has 94 valence electrons. The average Bonchev–Trinajstić information content (AvgIpc) is 2.29. The first-order valence-electron chi connectivity index (χ1n) is 6.03. The molecule has 1 rings (SSSR count). The van der Waals surface area contributed by atoms with Crippen LogP contribution in [-0.2, 0) is 4.79 Å². The molecule has 1 amide bonds. The zero-order chi connectivity index (χ0) is 12.0. The Morgan fingerprint density at radius 3 is 2.69 bits per heavy atom. The molecule has 5 heteroatoms. The summed E-state index contributed by atoms with van der Waals surface area (Å²) in [6, 6.07) is 0.180. The van der Waals surface area contributed by atoms with Crippen LogP contribution in [0.1, 0.15) is 26.2 Å². The Bertz CT molecular complexity index is 211. The lowest BCUT2D eigenvalue weighted by Crippen LogP contribution is -2.47. The SMILES string of the molecule is CCC(CO)NC(=O)CN1CCC(N)CC1. The second-order valence-electron chi connectivity index (χ2n) is 4.47. The van der Waals surface area contributed by atoms with Crippen LogP contribution in [0.2, 0.25) is 0 Å². The number of hydrogen-bond donors (Lipinski definition) is 3. The fraction of sp³-hybridized carbons (Fsp3) is 0.909. The molecular formula is C11H23N3O2. The summed E-state index contributed by atoms with van der Waals surface area (Å²) in [5.41, 5.74) is 5.79. The number of aliphatic hydroxyl groups excluding tert-OH is 1. The van der Waals surface area contributed by atoms with Gasteiger partial charge in [0, 0.05) is 19.1 Å². The molecule has 1 fully saturated rings. The second-order valence-corrected chi connectivity index (χ2v) is 4.47. The quantitative estimate of drug-likeness (QED) is 0.582. The Labute approximate surface area is 97.0 Å². The highest BCUT2D eigenvalue weighted by Crippen LogP contribution is 2.07. The number of piperidine rings is 1. The number of likely N-dealkylation sites (tertiary alicyclic amines) is 1. The second kappa shape index (κ2) is 6.83. The molecule has 1 aliphatic heterocycles. The standard InChI is InChI=1S/C11H23N3O2/c1-2-10(8-15)13-11(16)7-14-5-3-9(12)4-6-14/h9-10,15H,2-8,12H2,1H3,(H,13,16). The molecule has 0 spiro atoms. The van der Waals surface area contributed by atoms with E-state index >= 15 is 0 Å². The van der Waals surface area contributed by atoms with E-state index in [0.29, 0.717) is 12.6 Å². The number of nitrogens with zero attached hydrogens (tertiary/aromatic N) is 1. The van der Waals surface area contributed by atoms with Crippen LogP contribution in [0.4, 0.5) is 0 Å². The fourth-order valence-corrected chi connectivity index (χ4v) is 1.86. The van der Waals surface area contributed by atoms with E-state index in [2.05, 4.69) is 10.2 Å². The lowest BCUT2D eigenvalue weighted by molar-refractivity contribution is -0.123. The Hall–Kier alpha value is -0.650. The summed E-state index contributed by atoms with van der Waals surface area (Å²) in [4.78, 5) is 13.7. The van der Waals surface area contributed by atoms with E-state index in [1.54, 1.807) is 0 Å². The third-order valence-electron chi connectivity index (χ3n) is 3.08. The lowest BCUT2D eigenvalue weighted by Gasteiger charge is -2.29. The predicted molar refractivity (Wildman–Crippen MR) is 63.0 cm³/mol. The van der Waals surface area contributed by atoms with Crippen LogP contribution >= 0.6 is 0 Å². The number of carbonyl (C=O) groups is 1. The van der Waals surface area contributed by atoms with Crippen molar-refractivity contribution in [3.8, 4) is 0 Å². The van der Waals surface area contributed by atoms with Crippen molar-refractivity contribution in [3.63, 3.8) is 0 Å².